The van der Waals surface area contributed by atoms with Gasteiger partial charge in [0.1, 0.15) is 17.3 Å². The van der Waals surface area contributed by atoms with Crippen LogP contribution in [0, 0.1) is 0 Å². The highest BCUT2D eigenvalue weighted by atomic mass is 16.3. The first-order valence-electron chi connectivity index (χ1n) is 9.77. The van der Waals surface area contributed by atoms with Gasteiger partial charge in [-0.15, -0.1) is 0 Å². The summed E-state index contributed by atoms with van der Waals surface area (Å²) in [6.07, 6.45) is 9.16. The van der Waals surface area contributed by atoms with Crippen LogP contribution < -0.4 is 10.2 Å². The van der Waals surface area contributed by atoms with E-state index in [9.17, 15) is 5.11 Å². The maximum atomic E-state index is 9.83. The second kappa shape index (κ2) is 6.81. The second-order valence-corrected chi connectivity index (χ2v) is 7.55. The average molecular weight is 364 g/mol. The highest BCUT2D eigenvalue weighted by molar-refractivity contribution is 5.93. The maximum Gasteiger partial charge on any atom is 0.162 e. The van der Waals surface area contributed by atoms with Crippen molar-refractivity contribution in [1.29, 1.82) is 0 Å². The number of nitrogens with one attached hydrogen (secondary N) is 2. The minimum Gasteiger partial charge on any atom is -0.391 e. The summed E-state index contributed by atoms with van der Waals surface area (Å²) in [5.74, 6) is 2.43. The number of fused-ring (bicyclic) bond motifs is 1. The Morgan fingerprint density at radius 2 is 2.04 bits per heavy atom. The zero-order chi connectivity index (χ0) is 18.2. The van der Waals surface area contributed by atoms with Crippen molar-refractivity contribution in [1.82, 2.24) is 19.9 Å². The largest absolute Gasteiger partial charge is 0.391 e. The molecule has 7 nitrogen and oxygen atoms in total. The van der Waals surface area contributed by atoms with E-state index in [4.69, 9.17) is 9.97 Å². The van der Waals surface area contributed by atoms with E-state index in [0.717, 1.165) is 41.2 Å². The van der Waals surface area contributed by atoms with E-state index in [-0.39, 0.29) is 6.10 Å². The number of rotatable bonds is 4. The molecule has 0 bridgehead atoms. The van der Waals surface area contributed by atoms with Crippen LogP contribution in [-0.2, 0) is 0 Å². The van der Waals surface area contributed by atoms with Gasteiger partial charge in [0, 0.05) is 42.5 Å². The van der Waals surface area contributed by atoms with E-state index in [0.29, 0.717) is 18.4 Å². The number of hydrogen-bond acceptors (Lipinski definition) is 6. The molecule has 2 aliphatic rings. The van der Waals surface area contributed by atoms with Crippen molar-refractivity contribution in [3.8, 4) is 11.4 Å². The first-order chi connectivity index (χ1) is 13.3. The normalized spacial score (nSPS) is 20.6. The quantitative estimate of drug-likeness (QED) is 0.659. The number of aromatic amines is 1. The lowest BCUT2D eigenvalue weighted by Crippen LogP contribution is -2.22. The molecular weight excluding hydrogens is 340 g/mol. The van der Waals surface area contributed by atoms with Gasteiger partial charge in [0.05, 0.1) is 6.10 Å². The van der Waals surface area contributed by atoms with Crippen LogP contribution in [0.25, 0.3) is 22.4 Å². The van der Waals surface area contributed by atoms with Gasteiger partial charge in [0.2, 0.25) is 0 Å². The Kier molecular flexibility index (Phi) is 4.16. The molecule has 2 fully saturated rings. The third kappa shape index (κ3) is 3.23. The highest BCUT2D eigenvalue weighted by Crippen LogP contribution is 2.30. The lowest BCUT2D eigenvalue weighted by atomic mass is 10.1. The number of aliphatic hydroxyl groups is 1. The number of anilines is 2. The van der Waals surface area contributed by atoms with Crippen molar-refractivity contribution in [2.24, 2.45) is 0 Å². The van der Waals surface area contributed by atoms with Crippen LogP contribution in [0.3, 0.4) is 0 Å². The molecule has 0 amide bonds. The van der Waals surface area contributed by atoms with Crippen molar-refractivity contribution < 1.29 is 5.11 Å². The van der Waals surface area contributed by atoms with Crippen molar-refractivity contribution in [2.75, 3.05) is 23.3 Å². The van der Waals surface area contributed by atoms with Gasteiger partial charge < -0.3 is 20.3 Å². The molecule has 5 rings (SSSR count). The van der Waals surface area contributed by atoms with Gasteiger partial charge in [-0.25, -0.2) is 15.0 Å². The van der Waals surface area contributed by atoms with Crippen LogP contribution in [-0.4, -0.2) is 50.3 Å². The molecule has 3 N–H and O–H groups in total. The molecule has 1 aliphatic carbocycles. The van der Waals surface area contributed by atoms with Gasteiger partial charge in [-0.1, -0.05) is 12.8 Å². The monoisotopic (exact) mass is 364 g/mol. The molecule has 4 heterocycles. The first kappa shape index (κ1) is 16.5. The number of β-amino-alcohol motifs (C(OH)–C–C–N with tert-alkyl or cyclic N) is 1. The summed E-state index contributed by atoms with van der Waals surface area (Å²) in [7, 11) is 0. The van der Waals surface area contributed by atoms with Crippen molar-refractivity contribution in [3.63, 3.8) is 0 Å². The number of hydrogen-bond donors (Lipinski definition) is 3. The van der Waals surface area contributed by atoms with E-state index in [1.807, 2.05) is 18.3 Å². The Morgan fingerprint density at radius 1 is 1.15 bits per heavy atom. The lowest BCUT2D eigenvalue weighted by molar-refractivity contribution is 0.198. The molecule has 1 unspecified atom stereocenters. The van der Waals surface area contributed by atoms with Gasteiger partial charge in [0.15, 0.2) is 5.82 Å². The van der Waals surface area contributed by atoms with Crippen LogP contribution in [0.1, 0.15) is 32.1 Å². The van der Waals surface area contributed by atoms with Crippen LogP contribution >= 0.6 is 0 Å². The second-order valence-electron chi connectivity index (χ2n) is 7.55. The minimum atomic E-state index is -0.275. The van der Waals surface area contributed by atoms with Gasteiger partial charge in [-0.05, 0) is 37.5 Å². The van der Waals surface area contributed by atoms with E-state index in [1.54, 1.807) is 6.20 Å². The Morgan fingerprint density at radius 3 is 2.85 bits per heavy atom. The molecule has 1 saturated heterocycles. The molecule has 1 saturated carbocycles. The number of aliphatic hydroxyl groups excluding tert-OH is 1. The summed E-state index contributed by atoms with van der Waals surface area (Å²) in [5, 5.41) is 14.4. The maximum absolute atomic E-state index is 9.83. The minimum absolute atomic E-state index is 0.275. The third-order valence-electron chi connectivity index (χ3n) is 5.60. The van der Waals surface area contributed by atoms with Gasteiger partial charge >= 0.3 is 0 Å². The summed E-state index contributed by atoms with van der Waals surface area (Å²) >= 11 is 0. The number of H-pyrrole nitrogens is 1. The molecular formula is C20H24N6O. The summed E-state index contributed by atoms with van der Waals surface area (Å²) in [6, 6.07) is 6.49. The third-order valence-corrected chi connectivity index (χ3v) is 5.60. The lowest BCUT2D eigenvalue weighted by Gasteiger charge is -2.17. The topological polar surface area (TPSA) is 90.0 Å². The molecule has 7 heteroatoms. The fraction of sp³-hybridized carbons (Fsp3) is 0.450. The fourth-order valence-electron chi connectivity index (χ4n) is 4.18. The van der Waals surface area contributed by atoms with Gasteiger partial charge in [-0.2, -0.15) is 0 Å². The van der Waals surface area contributed by atoms with Gasteiger partial charge in [-0.3, -0.25) is 0 Å². The Labute approximate surface area is 157 Å². The molecule has 0 radical (unpaired) electrons. The molecule has 140 valence electrons. The zero-order valence-corrected chi connectivity index (χ0v) is 15.2. The van der Waals surface area contributed by atoms with Crippen molar-refractivity contribution in [3.05, 3.63) is 30.6 Å². The molecule has 3 aromatic rings. The van der Waals surface area contributed by atoms with Crippen LogP contribution in [0.2, 0.25) is 0 Å². The first-order valence-corrected chi connectivity index (χ1v) is 9.77. The average Bonchev–Trinajstić information content (AvgIpc) is 3.43. The number of pyridine rings is 1. The van der Waals surface area contributed by atoms with Crippen LogP contribution in [0.5, 0.6) is 0 Å². The summed E-state index contributed by atoms with van der Waals surface area (Å²) in [5.41, 5.74) is 1.82. The smallest absolute Gasteiger partial charge is 0.162 e. The Balaban J connectivity index is 1.52. The summed E-state index contributed by atoms with van der Waals surface area (Å²) < 4.78 is 0. The van der Waals surface area contributed by atoms with Gasteiger partial charge in [0.25, 0.3) is 0 Å². The summed E-state index contributed by atoms with van der Waals surface area (Å²) in [6.45, 7) is 1.45. The standard InChI is InChI=1S/C20H24N6O/c27-14-7-10-26(12-14)18-6-9-22-20(25-18)16-11-17(23-13-3-1-2-4-13)24-19-15(16)5-8-21-19/h5-6,8-9,11,13-14,27H,1-4,7,10,12H2,(H2,21,23,24). The van der Waals surface area contributed by atoms with Crippen LogP contribution in [0.4, 0.5) is 11.6 Å². The fourth-order valence-corrected chi connectivity index (χ4v) is 4.18. The zero-order valence-electron chi connectivity index (χ0n) is 15.2. The van der Waals surface area contributed by atoms with E-state index >= 15 is 0 Å². The van der Waals surface area contributed by atoms with E-state index < -0.39 is 0 Å². The molecule has 3 aromatic heterocycles. The molecule has 27 heavy (non-hydrogen) atoms. The van der Waals surface area contributed by atoms with Crippen LogP contribution in [0.15, 0.2) is 30.6 Å². The summed E-state index contributed by atoms with van der Waals surface area (Å²) in [4.78, 5) is 19.4. The van der Waals surface area contributed by atoms with E-state index in [2.05, 4.69) is 26.3 Å². The number of aromatic nitrogens is 4. The number of nitrogens with zero attached hydrogens (tertiary/aromatic N) is 4. The molecule has 0 aromatic carbocycles. The molecule has 0 spiro atoms. The van der Waals surface area contributed by atoms with Crippen molar-refractivity contribution in [2.45, 2.75) is 44.2 Å². The SMILES string of the molecule is OC1CCN(c2ccnc(-c3cc(NC4CCCC4)nc4[nH]ccc34)n2)C1. The highest BCUT2D eigenvalue weighted by Gasteiger charge is 2.22. The Hall–Kier alpha value is -2.67. The predicted octanol–water partition coefficient (Wildman–Crippen LogP) is 2.95. The Bertz CT molecular complexity index is 949. The molecule has 1 aliphatic heterocycles. The molecule has 1 atom stereocenters. The van der Waals surface area contributed by atoms with E-state index in [1.165, 1.54) is 25.7 Å². The predicted molar refractivity (Wildman–Crippen MR) is 106 cm³/mol. The van der Waals surface area contributed by atoms with Crippen molar-refractivity contribution >= 4 is 22.7 Å².